The Balaban J connectivity index is 1.33. The molecule has 0 bridgehead atoms. The second kappa shape index (κ2) is 29.1. The van der Waals surface area contributed by atoms with Gasteiger partial charge in [-0.2, -0.15) is 0 Å². The maximum Gasteiger partial charge on any atom is 0.343 e. The minimum atomic E-state index is -1.65. The van der Waals surface area contributed by atoms with E-state index in [0.29, 0.717) is 22.5 Å². The monoisotopic (exact) mass is 1030 g/mol. The zero-order valence-corrected chi connectivity index (χ0v) is 39.4. The lowest BCUT2D eigenvalue weighted by atomic mass is 10.1. The predicted molar refractivity (Wildman–Crippen MR) is 260 cm³/mol. The van der Waals surface area contributed by atoms with Crippen LogP contribution >= 0.6 is 0 Å². The third-order valence-corrected chi connectivity index (χ3v) is 9.83. The van der Waals surface area contributed by atoms with E-state index in [1.54, 1.807) is 0 Å². The first kappa shape index (κ1) is 57.3. The molecule has 0 aromatic heterocycles. The molecule has 2 amide bonds. The molecule has 4 aromatic rings. The van der Waals surface area contributed by atoms with Gasteiger partial charge in [0.05, 0.1) is 61.8 Å². The third-order valence-electron chi connectivity index (χ3n) is 9.83. The number of hydrogen-bond acceptors (Lipinski definition) is 16. The van der Waals surface area contributed by atoms with Gasteiger partial charge in [-0.3, -0.25) is 19.2 Å². The molecule has 4 rings (SSSR count). The molecule has 1 unspecified atom stereocenters. The second-order valence-electron chi connectivity index (χ2n) is 15.5. The number of amides is 2. The lowest BCUT2D eigenvalue weighted by molar-refractivity contribution is -0.147. The number of nitrogens with one attached hydrogen (secondary N) is 2. The van der Waals surface area contributed by atoms with Crippen LogP contribution in [0.15, 0.2) is 94.9 Å². The number of benzene rings is 4. The number of esters is 2. The maximum atomic E-state index is 13.0. The first-order chi connectivity index (χ1) is 35.3. The number of aryl methyl sites for hydroxylation is 2. The second-order valence-corrected chi connectivity index (χ2v) is 15.5. The Morgan fingerprint density at radius 3 is 1.16 bits per heavy atom. The molecule has 0 fully saturated rings. The fourth-order valence-electron chi connectivity index (χ4n) is 6.37. The molecule has 26 nitrogen and oxygen atoms in total. The van der Waals surface area contributed by atoms with Crippen molar-refractivity contribution < 1.29 is 87.2 Å². The summed E-state index contributed by atoms with van der Waals surface area (Å²) in [5.41, 5.74) is 23.7. The van der Waals surface area contributed by atoms with Crippen molar-refractivity contribution in [2.75, 3.05) is 39.6 Å². The molecule has 0 aliphatic heterocycles. The van der Waals surface area contributed by atoms with Gasteiger partial charge in [0.25, 0.3) is 0 Å². The Bertz CT molecular complexity index is 2510. The van der Waals surface area contributed by atoms with Gasteiger partial charge >= 0.3 is 35.8 Å². The summed E-state index contributed by atoms with van der Waals surface area (Å²) in [6.07, 6.45) is -2.12. The van der Waals surface area contributed by atoms with E-state index in [2.05, 4.69) is 20.6 Å². The van der Waals surface area contributed by atoms with E-state index in [4.69, 9.17) is 61.6 Å². The summed E-state index contributed by atoms with van der Waals surface area (Å²) in [6.45, 7) is 0.187. The zero-order chi connectivity index (χ0) is 54.2. The van der Waals surface area contributed by atoms with E-state index in [0.717, 1.165) is 0 Å². The summed E-state index contributed by atoms with van der Waals surface area (Å²) in [5.74, 6) is -8.55. The number of carboxylic acid groups (broad SMARTS) is 4. The number of rotatable bonds is 31. The topological polar surface area (TPSA) is 426 Å². The Labute approximate surface area is 421 Å². The number of hydrogen-bond donors (Lipinski definition) is 10. The van der Waals surface area contributed by atoms with Crippen molar-refractivity contribution in [2.45, 2.75) is 50.6 Å². The van der Waals surface area contributed by atoms with Gasteiger partial charge in [0.1, 0.15) is 48.3 Å². The van der Waals surface area contributed by atoms with Gasteiger partial charge in [0.15, 0.2) is 11.9 Å². The molecule has 0 radical (unpaired) electrons. The largest absolute Gasteiger partial charge is 0.491 e. The number of aliphatic carboxylic acids is 4. The number of ether oxygens (including phenoxy) is 6. The average molecular weight is 1030 g/mol. The summed E-state index contributed by atoms with van der Waals surface area (Å²) in [7, 11) is 0. The number of nitrogens with zero attached hydrogens (tertiary/aromatic N) is 2. The molecule has 0 aliphatic carbocycles. The predicted octanol–water partition coefficient (Wildman–Crippen LogP) is 1.38. The Morgan fingerprint density at radius 1 is 0.486 bits per heavy atom. The summed E-state index contributed by atoms with van der Waals surface area (Å²) >= 11 is 0. The molecule has 0 aliphatic rings. The fourth-order valence-corrected chi connectivity index (χ4v) is 6.37. The first-order valence-electron chi connectivity index (χ1n) is 22.2. The highest BCUT2D eigenvalue weighted by atomic mass is 16.6. The third kappa shape index (κ3) is 20.6. The van der Waals surface area contributed by atoms with Crippen LogP contribution in [0.4, 0.5) is 11.4 Å². The Hall–Kier alpha value is -9.30. The van der Waals surface area contributed by atoms with Gasteiger partial charge in [-0.15, -0.1) is 0 Å². The minimum Gasteiger partial charge on any atom is -0.491 e. The first-order valence-corrected chi connectivity index (χ1v) is 22.2. The van der Waals surface area contributed by atoms with Gasteiger partial charge in [-0.05, 0) is 84.6 Å². The van der Waals surface area contributed by atoms with Gasteiger partial charge < -0.3 is 82.4 Å². The van der Waals surface area contributed by atoms with Crippen LogP contribution in [0.2, 0.25) is 0 Å². The van der Waals surface area contributed by atoms with Gasteiger partial charge in [-0.25, -0.2) is 29.2 Å². The van der Waals surface area contributed by atoms with Crippen molar-refractivity contribution >= 4 is 70.9 Å². The van der Waals surface area contributed by atoms with Crippen LogP contribution in [-0.4, -0.2) is 132 Å². The van der Waals surface area contributed by atoms with E-state index in [1.807, 2.05) is 0 Å². The van der Waals surface area contributed by atoms with Crippen LogP contribution in [0, 0.1) is 0 Å². The van der Waals surface area contributed by atoms with Gasteiger partial charge in [0, 0.05) is 25.0 Å². The molecule has 14 N–H and O–H groups in total. The molecule has 4 aromatic carbocycles. The lowest BCUT2D eigenvalue weighted by Gasteiger charge is -2.15. The smallest absolute Gasteiger partial charge is 0.343 e. The molecule has 2 atom stereocenters. The highest BCUT2D eigenvalue weighted by Gasteiger charge is 2.25. The Morgan fingerprint density at radius 2 is 0.838 bits per heavy atom. The number of carboxylic acids is 4. The van der Waals surface area contributed by atoms with Crippen LogP contribution in [0.3, 0.4) is 0 Å². The van der Waals surface area contributed by atoms with Crippen LogP contribution in [0.5, 0.6) is 23.0 Å². The number of aliphatic imine (C=N–C) groups is 2. The maximum absolute atomic E-state index is 13.0. The molecule has 394 valence electrons. The van der Waals surface area contributed by atoms with Crippen molar-refractivity contribution in [2.24, 2.45) is 32.9 Å². The molecule has 0 spiro atoms. The van der Waals surface area contributed by atoms with Crippen molar-refractivity contribution in [3.8, 4) is 23.0 Å². The highest BCUT2D eigenvalue weighted by Crippen LogP contribution is 2.29. The van der Waals surface area contributed by atoms with E-state index >= 15 is 0 Å². The standard InChI is InChI=1S/C48H54N8O18/c49-47(50)53-31-9-1-29(2-10-31)45(67)73-33-13-5-27(7-15-39(57)55-35(43(63)64)25-41(59)60)37(23-33)71-21-19-69-17-18-70-20-22-72-38-24-34(74-46(68)30-3-11-32(12-4-30)54-48(51)52)14-6-28(38)8-16-40(58)56-36(44(65)66)26-42(61)62/h1-6,9-14,23-24,35-36H,7-8,15-22,25-26H2,(H,55,57)(H,56,58)(H,59,60)(H,61,62)(H,63,64)(H,65,66)(H4,49,50,53)(H4,51,52,54)/t35-,36?/m1/s1. The zero-order valence-electron chi connectivity index (χ0n) is 39.4. The number of carbonyl (C=O) groups excluding carboxylic acids is 4. The highest BCUT2D eigenvalue weighted by molar-refractivity contribution is 5.93. The van der Waals surface area contributed by atoms with Gasteiger partial charge in [0.2, 0.25) is 11.8 Å². The van der Waals surface area contributed by atoms with Crippen molar-refractivity contribution in [3.63, 3.8) is 0 Å². The SMILES string of the molecule is NC(N)=Nc1ccc(C(=O)Oc2ccc(CCC(=O)NC(CC(=O)O)C(=O)O)c(OCCOCCOCCOc3cc(OC(=O)c4ccc(N=C(N)N)cc4)ccc3CCC(=O)N[C@H](CC(=O)O)C(=O)O)c2)cc1. The fraction of sp³-hybridized carbons (Fsp3) is 0.292. The average Bonchev–Trinajstić information content (AvgIpc) is 3.33. The van der Waals surface area contributed by atoms with Gasteiger partial charge in [-0.1, -0.05) is 12.1 Å². The number of guanidine groups is 2. The van der Waals surface area contributed by atoms with Crippen LogP contribution in [-0.2, 0) is 51.1 Å². The van der Waals surface area contributed by atoms with Crippen LogP contribution < -0.4 is 52.5 Å². The van der Waals surface area contributed by atoms with Crippen LogP contribution in [0.1, 0.15) is 57.5 Å². The van der Waals surface area contributed by atoms with E-state index < -0.39 is 72.6 Å². The molecular weight excluding hydrogens is 977 g/mol. The normalized spacial score (nSPS) is 11.4. The van der Waals surface area contributed by atoms with E-state index in [-0.39, 0.29) is 111 Å². The van der Waals surface area contributed by atoms with Crippen molar-refractivity contribution in [1.82, 2.24) is 10.6 Å². The molecular formula is C48H54N8O18. The van der Waals surface area contributed by atoms with Crippen molar-refractivity contribution in [3.05, 3.63) is 107 Å². The lowest BCUT2D eigenvalue weighted by Crippen LogP contribution is -2.42. The number of carbonyl (C=O) groups is 8. The summed E-state index contributed by atoms with van der Waals surface area (Å²) in [6, 6.07) is 17.4. The number of nitrogens with two attached hydrogens (primary N) is 4. The van der Waals surface area contributed by atoms with E-state index in [9.17, 15) is 48.6 Å². The molecule has 74 heavy (non-hydrogen) atoms. The summed E-state index contributed by atoms with van der Waals surface area (Å²) < 4.78 is 34.3. The molecule has 0 saturated carbocycles. The quantitative estimate of drug-likeness (QED) is 0.0112. The summed E-state index contributed by atoms with van der Waals surface area (Å²) in [4.78, 5) is 104. The minimum absolute atomic E-state index is 0.0169. The van der Waals surface area contributed by atoms with E-state index in [1.165, 1.54) is 84.9 Å². The molecule has 26 heteroatoms. The molecule has 0 heterocycles. The summed E-state index contributed by atoms with van der Waals surface area (Å²) in [5, 5.41) is 41.0. The molecule has 0 saturated heterocycles. The Kier molecular flexibility index (Phi) is 22.6. The van der Waals surface area contributed by atoms with Crippen molar-refractivity contribution in [1.29, 1.82) is 0 Å². The van der Waals surface area contributed by atoms with Crippen LogP contribution in [0.25, 0.3) is 0 Å².